The average molecular weight is 280 g/mol. The molecule has 0 atom stereocenters. The molecular weight excluding hydrogens is 268 g/mol. The Bertz CT molecular complexity index is 831. The number of rotatable bonds is 3. The molecule has 5 nitrogen and oxygen atoms in total. The first-order chi connectivity index (χ1) is 10.2. The number of carboxylic acids is 1. The fourth-order valence-corrected chi connectivity index (χ4v) is 2.10. The second kappa shape index (κ2) is 5.20. The smallest absolute Gasteiger partial charge is 0.340 e. The monoisotopic (exact) mass is 280 g/mol. The van der Waals surface area contributed by atoms with Gasteiger partial charge in [-0.3, -0.25) is 4.98 Å². The van der Waals surface area contributed by atoms with Gasteiger partial charge >= 0.3 is 5.97 Å². The molecule has 104 valence electrons. The Morgan fingerprint density at radius 2 is 1.95 bits per heavy atom. The van der Waals surface area contributed by atoms with Crippen molar-refractivity contribution in [1.29, 1.82) is 0 Å². The lowest BCUT2D eigenvalue weighted by molar-refractivity contribution is 0.0696. The number of pyridine rings is 2. The standard InChI is InChI=1S/C16H12N2O3/c1-10-5-4-8-17-15(10)21-13-9-18-12-7-3-2-6-11(12)14(13)16(19)20/h2-9H,1H3,(H,19,20). The molecule has 0 bridgehead atoms. The molecule has 0 saturated carbocycles. The molecule has 0 aliphatic rings. The number of fused-ring (bicyclic) bond motifs is 1. The normalized spacial score (nSPS) is 10.5. The summed E-state index contributed by atoms with van der Waals surface area (Å²) in [6, 6.07) is 10.7. The zero-order valence-corrected chi connectivity index (χ0v) is 11.3. The van der Waals surface area contributed by atoms with Crippen LogP contribution in [0.3, 0.4) is 0 Å². The number of carboxylic acid groups (broad SMARTS) is 1. The number of benzene rings is 1. The number of aromatic carboxylic acids is 1. The molecule has 2 heterocycles. The summed E-state index contributed by atoms with van der Waals surface area (Å²) in [6.45, 7) is 1.84. The van der Waals surface area contributed by atoms with Crippen LogP contribution in [0.25, 0.3) is 10.9 Å². The van der Waals surface area contributed by atoms with Gasteiger partial charge in [-0.25, -0.2) is 9.78 Å². The largest absolute Gasteiger partial charge is 0.478 e. The van der Waals surface area contributed by atoms with Gasteiger partial charge in [-0.05, 0) is 19.1 Å². The lowest BCUT2D eigenvalue weighted by Gasteiger charge is -2.11. The predicted octanol–water partition coefficient (Wildman–Crippen LogP) is 3.43. The van der Waals surface area contributed by atoms with Gasteiger partial charge < -0.3 is 9.84 Å². The van der Waals surface area contributed by atoms with Gasteiger partial charge in [0.25, 0.3) is 0 Å². The number of para-hydroxylation sites is 1. The molecule has 5 heteroatoms. The van der Waals surface area contributed by atoms with Crippen molar-refractivity contribution < 1.29 is 14.6 Å². The van der Waals surface area contributed by atoms with E-state index in [1.54, 1.807) is 30.5 Å². The first kappa shape index (κ1) is 13.1. The van der Waals surface area contributed by atoms with Crippen LogP contribution in [-0.2, 0) is 0 Å². The number of ether oxygens (including phenoxy) is 1. The summed E-state index contributed by atoms with van der Waals surface area (Å²) in [5.74, 6) is -0.503. The van der Waals surface area contributed by atoms with E-state index < -0.39 is 5.97 Å². The van der Waals surface area contributed by atoms with Crippen LogP contribution in [0.4, 0.5) is 0 Å². The van der Waals surface area contributed by atoms with Crippen LogP contribution < -0.4 is 4.74 Å². The summed E-state index contributed by atoms with van der Waals surface area (Å²) in [7, 11) is 0. The van der Waals surface area contributed by atoms with Crippen molar-refractivity contribution in [2.24, 2.45) is 0 Å². The first-order valence-electron chi connectivity index (χ1n) is 6.37. The minimum Gasteiger partial charge on any atom is -0.478 e. The third-order valence-corrected chi connectivity index (χ3v) is 3.12. The topological polar surface area (TPSA) is 72.3 Å². The Morgan fingerprint density at radius 1 is 1.14 bits per heavy atom. The zero-order valence-electron chi connectivity index (χ0n) is 11.3. The minimum atomic E-state index is -1.06. The summed E-state index contributed by atoms with van der Waals surface area (Å²) in [5, 5.41) is 10.0. The summed E-state index contributed by atoms with van der Waals surface area (Å²) in [5.41, 5.74) is 1.52. The summed E-state index contributed by atoms with van der Waals surface area (Å²) in [4.78, 5) is 19.9. The third-order valence-electron chi connectivity index (χ3n) is 3.12. The molecule has 1 aromatic carbocycles. The van der Waals surface area contributed by atoms with E-state index in [2.05, 4.69) is 9.97 Å². The summed E-state index contributed by atoms with van der Waals surface area (Å²) < 4.78 is 5.66. The number of nitrogens with zero attached hydrogens (tertiary/aromatic N) is 2. The minimum absolute atomic E-state index is 0.0886. The van der Waals surface area contributed by atoms with Crippen LogP contribution >= 0.6 is 0 Å². The fraction of sp³-hybridized carbons (Fsp3) is 0.0625. The van der Waals surface area contributed by atoms with E-state index in [-0.39, 0.29) is 11.3 Å². The lowest BCUT2D eigenvalue weighted by Crippen LogP contribution is -2.03. The molecule has 0 radical (unpaired) electrons. The van der Waals surface area contributed by atoms with Crippen molar-refractivity contribution in [2.75, 3.05) is 0 Å². The van der Waals surface area contributed by atoms with Crippen molar-refractivity contribution in [1.82, 2.24) is 9.97 Å². The highest BCUT2D eigenvalue weighted by Crippen LogP contribution is 2.30. The molecular formula is C16H12N2O3. The van der Waals surface area contributed by atoms with E-state index in [9.17, 15) is 9.90 Å². The van der Waals surface area contributed by atoms with Crippen LogP contribution in [0.1, 0.15) is 15.9 Å². The molecule has 0 spiro atoms. The molecule has 0 unspecified atom stereocenters. The number of carbonyl (C=O) groups is 1. The number of hydrogen-bond acceptors (Lipinski definition) is 4. The van der Waals surface area contributed by atoms with Crippen LogP contribution in [0.2, 0.25) is 0 Å². The fourth-order valence-electron chi connectivity index (χ4n) is 2.10. The van der Waals surface area contributed by atoms with Crippen molar-refractivity contribution in [3.05, 3.63) is 59.9 Å². The second-order valence-electron chi connectivity index (χ2n) is 4.55. The van der Waals surface area contributed by atoms with Gasteiger partial charge in [-0.15, -0.1) is 0 Å². The highest BCUT2D eigenvalue weighted by atomic mass is 16.5. The van der Waals surface area contributed by atoms with Crippen LogP contribution in [0.15, 0.2) is 48.8 Å². The van der Waals surface area contributed by atoms with E-state index in [1.807, 2.05) is 19.1 Å². The molecule has 0 saturated heterocycles. The van der Waals surface area contributed by atoms with Crippen molar-refractivity contribution in [2.45, 2.75) is 6.92 Å². The molecule has 21 heavy (non-hydrogen) atoms. The number of hydrogen-bond donors (Lipinski definition) is 1. The van der Waals surface area contributed by atoms with E-state index in [0.29, 0.717) is 16.8 Å². The Balaban J connectivity index is 2.17. The van der Waals surface area contributed by atoms with Crippen LogP contribution in [0, 0.1) is 6.92 Å². The van der Waals surface area contributed by atoms with Gasteiger partial charge in [-0.2, -0.15) is 0 Å². The van der Waals surface area contributed by atoms with E-state index in [0.717, 1.165) is 5.56 Å². The van der Waals surface area contributed by atoms with Gasteiger partial charge in [0.1, 0.15) is 5.56 Å². The van der Waals surface area contributed by atoms with E-state index in [1.165, 1.54) is 6.20 Å². The van der Waals surface area contributed by atoms with Crippen molar-refractivity contribution in [3.8, 4) is 11.6 Å². The Labute approximate surface area is 120 Å². The maximum absolute atomic E-state index is 11.6. The third kappa shape index (κ3) is 2.41. The zero-order chi connectivity index (χ0) is 14.8. The SMILES string of the molecule is Cc1cccnc1Oc1cnc2ccccc2c1C(=O)O. The van der Waals surface area contributed by atoms with Gasteiger partial charge in [0.2, 0.25) is 5.88 Å². The molecule has 0 aliphatic heterocycles. The van der Waals surface area contributed by atoms with Crippen LogP contribution in [-0.4, -0.2) is 21.0 Å². The van der Waals surface area contributed by atoms with E-state index in [4.69, 9.17) is 4.74 Å². The van der Waals surface area contributed by atoms with Crippen molar-refractivity contribution in [3.63, 3.8) is 0 Å². The highest BCUT2D eigenvalue weighted by molar-refractivity contribution is 6.04. The molecule has 2 aromatic heterocycles. The quantitative estimate of drug-likeness (QED) is 0.795. The first-order valence-corrected chi connectivity index (χ1v) is 6.37. The van der Waals surface area contributed by atoms with Crippen LogP contribution in [0.5, 0.6) is 11.6 Å². The van der Waals surface area contributed by atoms with Gasteiger partial charge in [-0.1, -0.05) is 24.3 Å². The lowest BCUT2D eigenvalue weighted by atomic mass is 10.1. The average Bonchev–Trinajstić information content (AvgIpc) is 2.49. The molecule has 1 N–H and O–H groups in total. The molecule has 3 aromatic rings. The highest BCUT2D eigenvalue weighted by Gasteiger charge is 2.18. The Morgan fingerprint density at radius 3 is 2.71 bits per heavy atom. The molecule has 0 amide bonds. The maximum atomic E-state index is 11.6. The molecule has 3 rings (SSSR count). The van der Waals surface area contributed by atoms with Crippen molar-refractivity contribution >= 4 is 16.9 Å². The second-order valence-corrected chi connectivity index (χ2v) is 4.55. The summed E-state index contributed by atoms with van der Waals surface area (Å²) >= 11 is 0. The number of aromatic nitrogens is 2. The number of aryl methyl sites for hydroxylation is 1. The molecule has 0 fully saturated rings. The van der Waals surface area contributed by atoms with Gasteiger partial charge in [0.05, 0.1) is 11.7 Å². The molecule has 0 aliphatic carbocycles. The van der Waals surface area contributed by atoms with Gasteiger partial charge in [0.15, 0.2) is 5.75 Å². The Hall–Kier alpha value is -2.95. The Kier molecular flexibility index (Phi) is 3.23. The summed E-state index contributed by atoms with van der Waals surface area (Å²) in [6.07, 6.45) is 3.01. The van der Waals surface area contributed by atoms with E-state index >= 15 is 0 Å². The predicted molar refractivity (Wildman–Crippen MR) is 77.8 cm³/mol. The maximum Gasteiger partial charge on any atom is 0.340 e. The van der Waals surface area contributed by atoms with Gasteiger partial charge in [0, 0.05) is 17.1 Å².